The fourth-order valence-electron chi connectivity index (χ4n) is 1.84. The van der Waals surface area contributed by atoms with Crippen molar-refractivity contribution in [3.63, 3.8) is 0 Å². The molecule has 0 bridgehead atoms. The van der Waals surface area contributed by atoms with Crippen molar-refractivity contribution in [3.8, 4) is 0 Å². The predicted molar refractivity (Wildman–Crippen MR) is 68.8 cm³/mol. The van der Waals surface area contributed by atoms with E-state index in [4.69, 9.17) is 4.74 Å². The van der Waals surface area contributed by atoms with Crippen LogP contribution in [0.15, 0.2) is 30.3 Å². The van der Waals surface area contributed by atoms with Crippen molar-refractivity contribution in [1.82, 2.24) is 5.32 Å². The molecule has 1 saturated heterocycles. The largest absolute Gasteiger partial charge is 0.465 e. The molecule has 0 aliphatic carbocycles. The van der Waals surface area contributed by atoms with E-state index < -0.39 is 24.1 Å². The number of ether oxygens (including phenoxy) is 2. The SMILES string of the molecule is O=C(CCC1NC(=O)OC1=O)OCCc1ccccc1. The second kappa shape index (κ2) is 6.70. The van der Waals surface area contributed by atoms with Crippen molar-refractivity contribution in [1.29, 1.82) is 0 Å². The van der Waals surface area contributed by atoms with E-state index in [1.165, 1.54) is 0 Å². The van der Waals surface area contributed by atoms with Crippen LogP contribution >= 0.6 is 0 Å². The van der Waals surface area contributed by atoms with Crippen LogP contribution in [-0.2, 0) is 25.5 Å². The molecule has 0 aromatic heterocycles. The normalized spacial score (nSPS) is 17.5. The Morgan fingerprint density at radius 1 is 1.25 bits per heavy atom. The first-order chi connectivity index (χ1) is 9.65. The molecule has 1 aliphatic rings. The molecule has 6 heteroatoms. The zero-order valence-corrected chi connectivity index (χ0v) is 10.8. The molecular formula is C14H15NO5. The van der Waals surface area contributed by atoms with Crippen LogP contribution in [0.1, 0.15) is 18.4 Å². The van der Waals surface area contributed by atoms with Crippen LogP contribution in [0.2, 0.25) is 0 Å². The number of benzene rings is 1. The fraction of sp³-hybridized carbons (Fsp3) is 0.357. The van der Waals surface area contributed by atoms with E-state index in [1.807, 2.05) is 30.3 Å². The van der Waals surface area contributed by atoms with E-state index in [9.17, 15) is 14.4 Å². The zero-order chi connectivity index (χ0) is 14.4. The number of cyclic esters (lactones) is 2. The van der Waals surface area contributed by atoms with Gasteiger partial charge in [0.1, 0.15) is 6.04 Å². The molecule has 2 rings (SSSR count). The van der Waals surface area contributed by atoms with Crippen molar-refractivity contribution < 1.29 is 23.9 Å². The van der Waals surface area contributed by atoms with Gasteiger partial charge in [-0.05, 0) is 12.0 Å². The lowest BCUT2D eigenvalue weighted by Gasteiger charge is -2.06. The minimum Gasteiger partial charge on any atom is -0.465 e. The van der Waals surface area contributed by atoms with Gasteiger partial charge in [0.15, 0.2) is 0 Å². The van der Waals surface area contributed by atoms with Gasteiger partial charge in [0.25, 0.3) is 0 Å². The highest BCUT2D eigenvalue weighted by Gasteiger charge is 2.32. The van der Waals surface area contributed by atoms with Crippen LogP contribution < -0.4 is 5.32 Å². The van der Waals surface area contributed by atoms with Gasteiger partial charge in [-0.3, -0.25) is 4.79 Å². The first kappa shape index (κ1) is 14.0. The molecule has 6 nitrogen and oxygen atoms in total. The van der Waals surface area contributed by atoms with Crippen LogP contribution in [0.25, 0.3) is 0 Å². The Morgan fingerprint density at radius 3 is 2.65 bits per heavy atom. The minimum absolute atomic E-state index is 0.0643. The van der Waals surface area contributed by atoms with Crippen LogP contribution in [-0.4, -0.2) is 30.7 Å². The third kappa shape index (κ3) is 4.08. The van der Waals surface area contributed by atoms with Gasteiger partial charge in [-0.15, -0.1) is 0 Å². The predicted octanol–water partition coefficient (Wildman–Crippen LogP) is 1.19. The van der Waals surface area contributed by atoms with Gasteiger partial charge in [0.05, 0.1) is 6.61 Å². The Labute approximate surface area is 116 Å². The lowest BCUT2D eigenvalue weighted by Crippen LogP contribution is -2.29. The first-order valence-electron chi connectivity index (χ1n) is 6.37. The lowest BCUT2D eigenvalue weighted by molar-refractivity contribution is -0.144. The molecule has 1 heterocycles. The molecule has 1 aliphatic heterocycles. The van der Waals surface area contributed by atoms with E-state index >= 15 is 0 Å². The number of hydrogen-bond donors (Lipinski definition) is 1. The van der Waals surface area contributed by atoms with Crippen LogP contribution in [0, 0.1) is 0 Å². The molecule has 20 heavy (non-hydrogen) atoms. The quantitative estimate of drug-likeness (QED) is 0.624. The average Bonchev–Trinajstić information content (AvgIpc) is 2.76. The van der Waals surface area contributed by atoms with E-state index in [0.717, 1.165) is 5.56 Å². The molecular weight excluding hydrogens is 262 g/mol. The van der Waals surface area contributed by atoms with Gasteiger partial charge < -0.3 is 14.8 Å². The number of carbonyl (C=O) groups is 3. The summed E-state index contributed by atoms with van der Waals surface area (Å²) >= 11 is 0. The van der Waals surface area contributed by atoms with Crippen molar-refractivity contribution >= 4 is 18.0 Å². The highest BCUT2D eigenvalue weighted by molar-refractivity contribution is 5.95. The second-order valence-corrected chi connectivity index (χ2v) is 4.40. The van der Waals surface area contributed by atoms with Gasteiger partial charge in [0, 0.05) is 12.8 Å². The standard InChI is InChI=1S/C14H15NO5/c16-12(7-6-11-13(17)20-14(18)15-11)19-9-8-10-4-2-1-3-5-10/h1-5,11H,6-9H2,(H,15,18). The molecule has 1 aromatic rings. The Morgan fingerprint density at radius 2 is 2.00 bits per heavy atom. The number of carbonyl (C=O) groups excluding carboxylic acids is 3. The van der Waals surface area contributed by atoms with E-state index in [1.54, 1.807) is 0 Å². The summed E-state index contributed by atoms with van der Waals surface area (Å²) in [6.45, 7) is 0.296. The molecule has 0 saturated carbocycles. The third-order valence-electron chi connectivity index (χ3n) is 2.90. The summed E-state index contributed by atoms with van der Waals surface area (Å²) in [5.41, 5.74) is 1.09. The van der Waals surface area contributed by atoms with Gasteiger partial charge in [0.2, 0.25) is 0 Å². The Balaban J connectivity index is 1.63. The Kier molecular flexibility index (Phi) is 4.70. The summed E-state index contributed by atoms with van der Waals surface area (Å²) in [5, 5.41) is 2.32. The number of alkyl carbamates (subject to hydrolysis) is 1. The zero-order valence-electron chi connectivity index (χ0n) is 10.8. The van der Waals surface area contributed by atoms with Crippen molar-refractivity contribution in [2.75, 3.05) is 6.61 Å². The van der Waals surface area contributed by atoms with Crippen LogP contribution in [0.4, 0.5) is 4.79 Å². The van der Waals surface area contributed by atoms with Crippen molar-refractivity contribution in [2.45, 2.75) is 25.3 Å². The summed E-state index contributed by atoms with van der Waals surface area (Å²) in [6, 6.07) is 8.93. The number of nitrogens with one attached hydrogen (secondary N) is 1. The molecule has 1 unspecified atom stereocenters. The molecule has 1 atom stereocenters. The lowest BCUT2D eigenvalue weighted by atomic mass is 10.1. The maximum atomic E-state index is 11.5. The molecule has 1 amide bonds. The maximum Gasteiger partial charge on any atom is 0.415 e. The van der Waals surface area contributed by atoms with Gasteiger partial charge in [-0.25, -0.2) is 9.59 Å². The fourth-order valence-corrected chi connectivity index (χ4v) is 1.84. The molecule has 106 valence electrons. The van der Waals surface area contributed by atoms with E-state index in [2.05, 4.69) is 10.1 Å². The molecule has 0 radical (unpaired) electrons. The molecule has 1 N–H and O–H groups in total. The second-order valence-electron chi connectivity index (χ2n) is 4.40. The Hall–Kier alpha value is -2.37. The van der Waals surface area contributed by atoms with Gasteiger partial charge in [-0.2, -0.15) is 0 Å². The number of amides is 1. The minimum atomic E-state index is -0.766. The van der Waals surface area contributed by atoms with E-state index in [0.29, 0.717) is 13.0 Å². The van der Waals surface area contributed by atoms with Crippen LogP contribution in [0.3, 0.4) is 0 Å². The topological polar surface area (TPSA) is 81.7 Å². The average molecular weight is 277 g/mol. The third-order valence-corrected chi connectivity index (χ3v) is 2.90. The summed E-state index contributed by atoms with van der Waals surface area (Å²) in [7, 11) is 0. The van der Waals surface area contributed by atoms with Crippen molar-refractivity contribution in [3.05, 3.63) is 35.9 Å². The maximum absolute atomic E-state index is 11.5. The van der Waals surface area contributed by atoms with Crippen LogP contribution in [0.5, 0.6) is 0 Å². The van der Waals surface area contributed by atoms with Crippen molar-refractivity contribution in [2.24, 2.45) is 0 Å². The summed E-state index contributed by atoms with van der Waals surface area (Å²) < 4.78 is 9.37. The smallest absolute Gasteiger partial charge is 0.415 e. The number of rotatable bonds is 6. The highest BCUT2D eigenvalue weighted by Crippen LogP contribution is 2.08. The van der Waals surface area contributed by atoms with Gasteiger partial charge in [-0.1, -0.05) is 30.3 Å². The summed E-state index contributed by atoms with van der Waals surface area (Å²) in [5.74, 6) is -1.04. The van der Waals surface area contributed by atoms with Gasteiger partial charge >= 0.3 is 18.0 Å². The summed E-state index contributed by atoms with van der Waals surface area (Å²) in [4.78, 5) is 33.4. The first-order valence-corrected chi connectivity index (χ1v) is 6.37. The molecule has 1 aromatic carbocycles. The monoisotopic (exact) mass is 277 g/mol. The molecule has 1 fully saturated rings. The highest BCUT2D eigenvalue weighted by atomic mass is 16.6. The van der Waals surface area contributed by atoms with E-state index in [-0.39, 0.29) is 12.8 Å². The summed E-state index contributed by atoms with van der Waals surface area (Å²) in [6.07, 6.45) is 0.135. The number of esters is 2. The number of hydrogen-bond acceptors (Lipinski definition) is 5. The molecule has 0 spiro atoms. The Bertz CT molecular complexity index is 500.